The topological polar surface area (TPSA) is 52.6 Å². The summed E-state index contributed by atoms with van der Waals surface area (Å²) in [6.45, 7) is 1.42. The zero-order chi connectivity index (χ0) is 12.3. The molecule has 1 heterocycles. The summed E-state index contributed by atoms with van der Waals surface area (Å²) in [6, 6.07) is 6.98. The van der Waals surface area contributed by atoms with E-state index in [0.29, 0.717) is 23.8 Å². The Bertz CT molecular complexity index is 411. The fraction of sp³-hybridized carbons (Fsp3) is 0.417. The van der Waals surface area contributed by atoms with E-state index in [1.807, 2.05) is 12.1 Å². The highest BCUT2D eigenvalue weighted by Gasteiger charge is 2.25. The molecule has 2 amide bonds. The van der Waals surface area contributed by atoms with Crippen molar-refractivity contribution in [2.24, 2.45) is 5.92 Å². The molecule has 0 aromatic heterocycles. The Kier molecular flexibility index (Phi) is 3.86. The first kappa shape index (κ1) is 12.2. The van der Waals surface area contributed by atoms with Gasteiger partial charge in [0.25, 0.3) is 0 Å². The number of hydrogen-bond acceptors (Lipinski definition) is 2. The average molecular weight is 255 g/mol. The van der Waals surface area contributed by atoms with E-state index in [0.717, 1.165) is 6.42 Å². The van der Waals surface area contributed by atoms with Crippen molar-refractivity contribution in [2.45, 2.75) is 6.42 Å². The largest absolute Gasteiger partial charge is 0.396 e. The van der Waals surface area contributed by atoms with Gasteiger partial charge in [0, 0.05) is 25.6 Å². The zero-order valence-corrected chi connectivity index (χ0v) is 10.2. The Balaban J connectivity index is 1.96. The molecular weight excluding hydrogens is 240 g/mol. The van der Waals surface area contributed by atoms with Gasteiger partial charge in [-0.2, -0.15) is 0 Å². The summed E-state index contributed by atoms with van der Waals surface area (Å²) in [4.78, 5) is 13.6. The average Bonchev–Trinajstić information content (AvgIpc) is 2.81. The van der Waals surface area contributed by atoms with Crippen molar-refractivity contribution >= 4 is 23.3 Å². The molecule has 2 rings (SSSR count). The number of amides is 2. The van der Waals surface area contributed by atoms with Crippen LogP contribution in [-0.2, 0) is 0 Å². The fourth-order valence-corrected chi connectivity index (χ4v) is 2.11. The summed E-state index contributed by atoms with van der Waals surface area (Å²) in [5, 5.41) is 12.3. The van der Waals surface area contributed by atoms with E-state index in [-0.39, 0.29) is 18.6 Å². The highest BCUT2D eigenvalue weighted by atomic mass is 35.5. The SMILES string of the molecule is O=C(Nc1ccccc1Cl)N1CCC(CO)C1. The number of nitrogens with zero attached hydrogens (tertiary/aromatic N) is 1. The Morgan fingerprint density at radius 2 is 2.29 bits per heavy atom. The first-order chi connectivity index (χ1) is 8.20. The highest BCUT2D eigenvalue weighted by Crippen LogP contribution is 2.22. The molecule has 0 saturated carbocycles. The van der Waals surface area contributed by atoms with E-state index < -0.39 is 0 Å². The molecule has 0 radical (unpaired) electrons. The van der Waals surface area contributed by atoms with Crippen LogP contribution in [0.4, 0.5) is 10.5 Å². The lowest BCUT2D eigenvalue weighted by Crippen LogP contribution is -2.33. The molecule has 1 atom stereocenters. The van der Waals surface area contributed by atoms with Crippen LogP contribution in [0.1, 0.15) is 6.42 Å². The number of carbonyl (C=O) groups is 1. The molecule has 0 spiro atoms. The minimum Gasteiger partial charge on any atom is -0.396 e. The third-order valence-corrected chi connectivity index (χ3v) is 3.28. The first-order valence-corrected chi connectivity index (χ1v) is 6.00. The van der Waals surface area contributed by atoms with E-state index in [4.69, 9.17) is 16.7 Å². The molecule has 1 aliphatic rings. The van der Waals surface area contributed by atoms with Gasteiger partial charge in [0.15, 0.2) is 0 Å². The molecular formula is C12H15ClN2O2. The molecule has 1 unspecified atom stereocenters. The molecule has 0 aliphatic carbocycles. The standard InChI is InChI=1S/C12H15ClN2O2/c13-10-3-1-2-4-11(10)14-12(17)15-6-5-9(7-15)8-16/h1-4,9,16H,5-8H2,(H,14,17). The number of urea groups is 1. The van der Waals surface area contributed by atoms with Gasteiger partial charge >= 0.3 is 6.03 Å². The number of nitrogens with one attached hydrogen (secondary N) is 1. The van der Waals surface area contributed by atoms with Crippen molar-refractivity contribution < 1.29 is 9.90 Å². The van der Waals surface area contributed by atoms with Gasteiger partial charge < -0.3 is 15.3 Å². The van der Waals surface area contributed by atoms with Gasteiger partial charge in [-0.05, 0) is 18.6 Å². The molecule has 1 fully saturated rings. The van der Waals surface area contributed by atoms with Gasteiger partial charge in [-0.3, -0.25) is 0 Å². The monoisotopic (exact) mass is 254 g/mol. The Labute approximate surface area is 105 Å². The summed E-state index contributed by atoms with van der Waals surface area (Å²) in [6.07, 6.45) is 0.854. The zero-order valence-electron chi connectivity index (χ0n) is 9.40. The highest BCUT2D eigenvalue weighted by molar-refractivity contribution is 6.33. The van der Waals surface area contributed by atoms with Crippen LogP contribution >= 0.6 is 11.6 Å². The Morgan fingerprint density at radius 3 is 2.94 bits per heavy atom. The van der Waals surface area contributed by atoms with Gasteiger partial charge in [0.1, 0.15) is 0 Å². The number of rotatable bonds is 2. The van der Waals surface area contributed by atoms with Crippen molar-refractivity contribution in [1.29, 1.82) is 0 Å². The van der Waals surface area contributed by atoms with Crippen LogP contribution in [-0.4, -0.2) is 35.7 Å². The van der Waals surface area contributed by atoms with Crippen LogP contribution in [0.3, 0.4) is 0 Å². The maximum atomic E-state index is 11.9. The summed E-state index contributed by atoms with van der Waals surface area (Å²) in [5.41, 5.74) is 0.617. The lowest BCUT2D eigenvalue weighted by molar-refractivity contribution is 0.209. The van der Waals surface area contributed by atoms with E-state index in [9.17, 15) is 4.79 Å². The number of para-hydroxylation sites is 1. The predicted octanol–water partition coefficient (Wildman–Crippen LogP) is 2.19. The Morgan fingerprint density at radius 1 is 1.53 bits per heavy atom. The number of anilines is 1. The van der Waals surface area contributed by atoms with Crippen LogP contribution in [0.2, 0.25) is 5.02 Å². The molecule has 5 heteroatoms. The number of likely N-dealkylation sites (tertiary alicyclic amines) is 1. The van der Waals surface area contributed by atoms with Gasteiger partial charge in [-0.15, -0.1) is 0 Å². The second kappa shape index (κ2) is 5.38. The molecule has 92 valence electrons. The second-order valence-corrected chi connectivity index (χ2v) is 4.60. The predicted molar refractivity (Wildman–Crippen MR) is 67.2 cm³/mol. The molecule has 1 aliphatic heterocycles. The summed E-state index contributed by atoms with van der Waals surface area (Å²) in [7, 11) is 0. The van der Waals surface area contributed by atoms with E-state index >= 15 is 0 Å². The van der Waals surface area contributed by atoms with Crippen molar-refractivity contribution in [2.75, 3.05) is 25.0 Å². The second-order valence-electron chi connectivity index (χ2n) is 4.19. The molecule has 2 N–H and O–H groups in total. The number of aliphatic hydroxyl groups is 1. The smallest absolute Gasteiger partial charge is 0.321 e. The first-order valence-electron chi connectivity index (χ1n) is 5.62. The van der Waals surface area contributed by atoms with Gasteiger partial charge in [-0.25, -0.2) is 4.79 Å². The van der Waals surface area contributed by atoms with Crippen molar-refractivity contribution in [3.05, 3.63) is 29.3 Å². The summed E-state index contributed by atoms with van der Waals surface area (Å²) in [5.74, 6) is 0.201. The van der Waals surface area contributed by atoms with Crippen molar-refractivity contribution in [3.8, 4) is 0 Å². The number of aliphatic hydroxyl groups excluding tert-OH is 1. The number of carbonyl (C=O) groups excluding carboxylic acids is 1. The third-order valence-electron chi connectivity index (χ3n) is 2.95. The van der Waals surface area contributed by atoms with Crippen molar-refractivity contribution in [3.63, 3.8) is 0 Å². The fourth-order valence-electron chi connectivity index (χ4n) is 1.92. The van der Waals surface area contributed by atoms with Crippen LogP contribution < -0.4 is 5.32 Å². The van der Waals surface area contributed by atoms with Crippen LogP contribution in [0.5, 0.6) is 0 Å². The van der Waals surface area contributed by atoms with E-state index in [2.05, 4.69) is 5.32 Å². The van der Waals surface area contributed by atoms with E-state index in [1.54, 1.807) is 17.0 Å². The number of halogens is 1. The lowest BCUT2D eigenvalue weighted by atomic mass is 10.1. The lowest BCUT2D eigenvalue weighted by Gasteiger charge is -2.17. The molecule has 17 heavy (non-hydrogen) atoms. The molecule has 0 bridgehead atoms. The molecule has 1 aromatic carbocycles. The molecule has 1 aromatic rings. The molecule has 1 saturated heterocycles. The van der Waals surface area contributed by atoms with Gasteiger partial charge in [0.2, 0.25) is 0 Å². The number of hydrogen-bond donors (Lipinski definition) is 2. The maximum absolute atomic E-state index is 11.9. The number of benzene rings is 1. The quantitative estimate of drug-likeness (QED) is 0.850. The van der Waals surface area contributed by atoms with E-state index in [1.165, 1.54) is 0 Å². The normalized spacial score (nSPS) is 19.4. The molecule has 4 nitrogen and oxygen atoms in total. The summed E-state index contributed by atoms with van der Waals surface area (Å²) < 4.78 is 0. The van der Waals surface area contributed by atoms with Crippen molar-refractivity contribution in [1.82, 2.24) is 4.90 Å². The van der Waals surface area contributed by atoms with Crippen LogP contribution in [0.25, 0.3) is 0 Å². The summed E-state index contributed by atoms with van der Waals surface area (Å²) >= 11 is 5.96. The van der Waals surface area contributed by atoms with Crippen LogP contribution in [0.15, 0.2) is 24.3 Å². The third kappa shape index (κ3) is 2.90. The van der Waals surface area contributed by atoms with Gasteiger partial charge in [-0.1, -0.05) is 23.7 Å². The van der Waals surface area contributed by atoms with Crippen LogP contribution in [0, 0.1) is 5.92 Å². The Hall–Kier alpha value is -1.26. The maximum Gasteiger partial charge on any atom is 0.321 e. The minimum atomic E-state index is -0.158. The minimum absolute atomic E-state index is 0.135. The van der Waals surface area contributed by atoms with Gasteiger partial charge in [0.05, 0.1) is 10.7 Å².